The van der Waals surface area contributed by atoms with Crippen molar-refractivity contribution in [3.8, 4) is 0 Å². The van der Waals surface area contributed by atoms with Gasteiger partial charge in [-0.3, -0.25) is 0 Å². The first kappa shape index (κ1) is 14.7. The van der Waals surface area contributed by atoms with Crippen molar-refractivity contribution in [3.63, 3.8) is 0 Å². The standard InChI is InChI=1S/C16H23N3OS/c1-9-5-7-16(20-4,8-6-9)15-18-13(17)12-10(2)11(3)21-14(12)19-15/h9H,5-8H2,1-4H3,(H2,17,18,19). The summed E-state index contributed by atoms with van der Waals surface area (Å²) in [5.41, 5.74) is 7.06. The topological polar surface area (TPSA) is 61.0 Å². The summed E-state index contributed by atoms with van der Waals surface area (Å²) in [5, 5.41) is 1.01. The van der Waals surface area contributed by atoms with Crippen LogP contribution in [0.15, 0.2) is 0 Å². The molecule has 0 aromatic carbocycles. The average molecular weight is 305 g/mol. The van der Waals surface area contributed by atoms with Crippen LogP contribution in [0, 0.1) is 19.8 Å². The van der Waals surface area contributed by atoms with Gasteiger partial charge in [0.05, 0.1) is 5.39 Å². The van der Waals surface area contributed by atoms with Crippen molar-refractivity contribution >= 4 is 27.4 Å². The number of rotatable bonds is 2. The van der Waals surface area contributed by atoms with Crippen molar-refractivity contribution in [3.05, 3.63) is 16.3 Å². The minimum absolute atomic E-state index is 0.360. The summed E-state index contributed by atoms with van der Waals surface area (Å²) in [5.74, 6) is 2.11. The molecule has 21 heavy (non-hydrogen) atoms. The van der Waals surface area contributed by atoms with E-state index >= 15 is 0 Å². The third-order valence-corrected chi connectivity index (χ3v) is 6.04. The van der Waals surface area contributed by atoms with Gasteiger partial charge in [0, 0.05) is 12.0 Å². The number of methoxy groups -OCH3 is 1. The second kappa shape index (κ2) is 5.21. The van der Waals surface area contributed by atoms with Crippen molar-refractivity contribution in [1.29, 1.82) is 0 Å². The SMILES string of the molecule is COC1(c2nc(N)c3c(C)c(C)sc3n2)CCC(C)CC1. The molecule has 2 heterocycles. The molecule has 2 aromatic rings. The third kappa shape index (κ3) is 2.32. The molecule has 0 aliphatic heterocycles. The van der Waals surface area contributed by atoms with Crippen LogP contribution in [-0.2, 0) is 10.3 Å². The molecule has 0 radical (unpaired) electrons. The lowest BCUT2D eigenvalue weighted by Crippen LogP contribution is -2.35. The van der Waals surface area contributed by atoms with Crippen molar-refractivity contribution in [2.45, 2.75) is 52.1 Å². The lowest BCUT2D eigenvalue weighted by molar-refractivity contribution is -0.0593. The van der Waals surface area contributed by atoms with Gasteiger partial charge >= 0.3 is 0 Å². The number of hydrogen-bond acceptors (Lipinski definition) is 5. The molecule has 1 saturated carbocycles. The van der Waals surface area contributed by atoms with Gasteiger partial charge < -0.3 is 10.5 Å². The zero-order valence-electron chi connectivity index (χ0n) is 13.2. The highest BCUT2D eigenvalue weighted by molar-refractivity contribution is 7.18. The number of hydrogen-bond donors (Lipinski definition) is 1. The molecule has 0 spiro atoms. The highest BCUT2D eigenvalue weighted by atomic mass is 32.1. The van der Waals surface area contributed by atoms with Gasteiger partial charge in [-0.25, -0.2) is 9.97 Å². The Hall–Kier alpha value is -1.20. The van der Waals surface area contributed by atoms with Crippen LogP contribution >= 0.6 is 11.3 Å². The fourth-order valence-corrected chi connectivity index (χ4v) is 4.27. The third-order valence-electron chi connectivity index (χ3n) is 4.94. The Balaban J connectivity index is 2.11. The number of nitrogen functional groups attached to an aromatic ring is 1. The highest BCUT2D eigenvalue weighted by Crippen LogP contribution is 2.42. The van der Waals surface area contributed by atoms with E-state index in [-0.39, 0.29) is 5.60 Å². The second-order valence-corrected chi connectivity index (χ2v) is 7.48. The molecule has 1 aliphatic rings. The molecule has 2 N–H and O–H groups in total. The molecule has 0 bridgehead atoms. The van der Waals surface area contributed by atoms with Crippen LogP contribution in [0.1, 0.15) is 48.9 Å². The molecule has 5 heteroatoms. The van der Waals surface area contributed by atoms with Gasteiger partial charge in [-0.1, -0.05) is 6.92 Å². The van der Waals surface area contributed by atoms with Gasteiger partial charge in [0.25, 0.3) is 0 Å². The van der Waals surface area contributed by atoms with Gasteiger partial charge in [-0.15, -0.1) is 11.3 Å². The Morgan fingerprint density at radius 1 is 1.24 bits per heavy atom. The van der Waals surface area contributed by atoms with Crippen molar-refractivity contribution in [2.24, 2.45) is 5.92 Å². The summed E-state index contributed by atoms with van der Waals surface area (Å²) in [6, 6.07) is 0. The largest absolute Gasteiger partial charge is 0.383 e. The van der Waals surface area contributed by atoms with Gasteiger partial charge in [0.2, 0.25) is 0 Å². The van der Waals surface area contributed by atoms with Gasteiger partial charge in [0.15, 0.2) is 5.82 Å². The van der Waals surface area contributed by atoms with Crippen molar-refractivity contribution in [2.75, 3.05) is 12.8 Å². The van der Waals surface area contributed by atoms with Crippen LogP contribution in [0.2, 0.25) is 0 Å². The van der Waals surface area contributed by atoms with E-state index in [0.29, 0.717) is 5.82 Å². The van der Waals surface area contributed by atoms with Crippen LogP contribution in [0.5, 0.6) is 0 Å². The Bertz CT molecular complexity index is 672. The molecule has 0 unspecified atom stereocenters. The summed E-state index contributed by atoms with van der Waals surface area (Å²) >= 11 is 1.69. The number of aryl methyl sites for hydroxylation is 2. The molecular weight excluding hydrogens is 282 g/mol. The van der Waals surface area contributed by atoms with E-state index in [1.54, 1.807) is 18.4 Å². The zero-order chi connectivity index (χ0) is 15.2. The van der Waals surface area contributed by atoms with Gasteiger partial charge in [-0.05, 0) is 51.0 Å². The van der Waals surface area contributed by atoms with Crippen molar-refractivity contribution < 1.29 is 4.74 Å². The van der Waals surface area contributed by atoms with E-state index in [1.165, 1.54) is 10.4 Å². The van der Waals surface area contributed by atoms with E-state index in [1.807, 2.05) is 0 Å². The first-order valence-corrected chi connectivity index (χ1v) is 8.37. The van der Waals surface area contributed by atoms with Crippen LogP contribution in [0.25, 0.3) is 10.2 Å². The van der Waals surface area contributed by atoms with Gasteiger partial charge in [0.1, 0.15) is 16.2 Å². The van der Waals surface area contributed by atoms with Gasteiger partial charge in [-0.2, -0.15) is 0 Å². The summed E-state index contributed by atoms with van der Waals surface area (Å²) < 4.78 is 5.88. The predicted octanol–water partition coefficient (Wildman–Crippen LogP) is 3.94. The Morgan fingerprint density at radius 3 is 2.52 bits per heavy atom. The first-order chi connectivity index (χ1) is 9.97. The maximum Gasteiger partial charge on any atom is 0.164 e. The number of aromatic nitrogens is 2. The Morgan fingerprint density at radius 2 is 1.90 bits per heavy atom. The van der Waals surface area contributed by atoms with Crippen LogP contribution in [-0.4, -0.2) is 17.1 Å². The lowest BCUT2D eigenvalue weighted by Gasteiger charge is -2.36. The summed E-state index contributed by atoms with van der Waals surface area (Å²) in [6.07, 6.45) is 4.24. The van der Waals surface area contributed by atoms with Crippen molar-refractivity contribution in [1.82, 2.24) is 9.97 Å². The zero-order valence-corrected chi connectivity index (χ0v) is 14.0. The molecule has 2 aromatic heterocycles. The van der Waals surface area contributed by atoms with E-state index in [9.17, 15) is 0 Å². The maximum atomic E-state index is 6.22. The number of anilines is 1. The molecule has 0 amide bonds. The summed E-state index contributed by atoms with van der Waals surface area (Å²) in [7, 11) is 1.77. The fourth-order valence-electron chi connectivity index (χ4n) is 3.23. The minimum Gasteiger partial charge on any atom is -0.383 e. The molecule has 1 aliphatic carbocycles. The molecule has 114 valence electrons. The quantitative estimate of drug-likeness (QED) is 0.913. The molecule has 0 saturated heterocycles. The monoisotopic (exact) mass is 305 g/mol. The lowest BCUT2D eigenvalue weighted by atomic mass is 9.79. The fraction of sp³-hybridized carbons (Fsp3) is 0.625. The molecule has 0 atom stereocenters. The minimum atomic E-state index is -0.360. The van der Waals surface area contributed by atoms with Crippen LogP contribution in [0.4, 0.5) is 5.82 Å². The van der Waals surface area contributed by atoms with Crippen LogP contribution in [0.3, 0.4) is 0 Å². The molecule has 3 rings (SSSR count). The van der Waals surface area contributed by atoms with E-state index in [2.05, 4.69) is 25.8 Å². The Labute approximate surface area is 129 Å². The number of ether oxygens (including phenoxy) is 1. The number of fused-ring (bicyclic) bond motifs is 1. The molecule has 1 fully saturated rings. The number of nitrogens with zero attached hydrogens (tertiary/aromatic N) is 2. The first-order valence-electron chi connectivity index (χ1n) is 7.55. The van der Waals surface area contributed by atoms with E-state index < -0.39 is 0 Å². The van der Waals surface area contributed by atoms with E-state index in [0.717, 1.165) is 47.6 Å². The second-order valence-electron chi connectivity index (χ2n) is 6.28. The molecule has 4 nitrogen and oxygen atoms in total. The normalized spacial score (nSPS) is 26.4. The van der Waals surface area contributed by atoms with E-state index in [4.69, 9.17) is 15.5 Å². The number of nitrogens with two attached hydrogens (primary N) is 1. The molecular formula is C16H23N3OS. The average Bonchev–Trinajstić information content (AvgIpc) is 2.75. The Kier molecular flexibility index (Phi) is 3.66. The summed E-state index contributed by atoms with van der Waals surface area (Å²) in [4.78, 5) is 11.7. The smallest absolute Gasteiger partial charge is 0.164 e. The maximum absolute atomic E-state index is 6.22. The number of thiophene rings is 1. The summed E-state index contributed by atoms with van der Waals surface area (Å²) in [6.45, 7) is 6.49. The van der Waals surface area contributed by atoms with Crippen LogP contribution < -0.4 is 5.73 Å². The highest BCUT2D eigenvalue weighted by Gasteiger charge is 2.39. The predicted molar refractivity (Wildman–Crippen MR) is 87.6 cm³/mol.